The standard InChI is InChI=1S/C18H15NO5/c1-10-6-14-12(8-16(20)24-15(14)7-11(10)2)9-23-18(22)13-4-3-5-19-17(13)21/h3-8H,9H2,1-2H3,(H,19,21). The molecule has 6 nitrogen and oxygen atoms in total. The molecule has 0 amide bonds. The summed E-state index contributed by atoms with van der Waals surface area (Å²) < 4.78 is 10.4. The van der Waals surface area contributed by atoms with E-state index in [-0.39, 0.29) is 12.2 Å². The van der Waals surface area contributed by atoms with E-state index in [1.54, 1.807) is 6.07 Å². The number of carbonyl (C=O) groups excluding carboxylic acids is 1. The van der Waals surface area contributed by atoms with E-state index in [1.165, 1.54) is 24.4 Å². The number of carbonyl (C=O) groups is 1. The number of rotatable bonds is 3. The van der Waals surface area contributed by atoms with Crippen molar-refractivity contribution in [3.8, 4) is 0 Å². The topological polar surface area (TPSA) is 89.4 Å². The Bertz CT molecular complexity index is 1050. The van der Waals surface area contributed by atoms with Crippen molar-refractivity contribution in [2.24, 2.45) is 0 Å². The van der Waals surface area contributed by atoms with E-state index in [0.717, 1.165) is 11.1 Å². The van der Waals surface area contributed by atoms with Gasteiger partial charge in [-0.05, 0) is 49.2 Å². The van der Waals surface area contributed by atoms with Crippen LogP contribution in [0.4, 0.5) is 0 Å². The molecule has 0 unspecified atom stereocenters. The van der Waals surface area contributed by atoms with Gasteiger partial charge in [-0.1, -0.05) is 0 Å². The van der Waals surface area contributed by atoms with Gasteiger partial charge in [0, 0.05) is 23.2 Å². The van der Waals surface area contributed by atoms with Crippen LogP contribution >= 0.6 is 0 Å². The number of pyridine rings is 1. The molecule has 0 spiro atoms. The predicted octanol–water partition coefficient (Wildman–Crippen LogP) is 2.46. The van der Waals surface area contributed by atoms with Crippen molar-refractivity contribution in [1.29, 1.82) is 0 Å². The zero-order chi connectivity index (χ0) is 17.3. The third-order valence-electron chi connectivity index (χ3n) is 3.84. The van der Waals surface area contributed by atoms with E-state index in [9.17, 15) is 14.4 Å². The number of nitrogens with one attached hydrogen (secondary N) is 1. The highest BCUT2D eigenvalue weighted by atomic mass is 16.5. The molecular formula is C18H15NO5. The maximum Gasteiger partial charge on any atom is 0.344 e. The van der Waals surface area contributed by atoms with Crippen LogP contribution in [0, 0.1) is 13.8 Å². The Kier molecular flexibility index (Phi) is 4.04. The van der Waals surface area contributed by atoms with Gasteiger partial charge in [0.15, 0.2) is 0 Å². The lowest BCUT2D eigenvalue weighted by Gasteiger charge is -2.09. The Morgan fingerprint density at radius 2 is 1.92 bits per heavy atom. The SMILES string of the molecule is Cc1cc2oc(=O)cc(COC(=O)c3ccc[nH]c3=O)c2cc1C. The lowest BCUT2D eigenvalue weighted by Crippen LogP contribution is -2.19. The first-order valence-corrected chi connectivity index (χ1v) is 7.34. The molecule has 0 aliphatic rings. The molecule has 0 fully saturated rings. The molecule has 0 radical (unpaired) electrons. The first-order chi connectivity index (χ1) is 11.5. The third-order valence-corrected chi connectivity index (χ3v) is 3.84. The van der Waals surface area contributed by atoms with Gasteiger partial charge in [0.25, 0.3) is 5.56 Å². The summed E-state index contributed by atoms with van der Waals surface area (Å²) in [5.74, 6) is -0.748. The second-order valence-corrected chi connectivity index (χ2v) is 5.51. The van der Waals surface area contributed by atoms with Crippen LogP contribution in [-0.2, 0) is 11.3 Å². The monoisotopic (exact) mass is 325 g/mol. The number of aryl methyl sites for hydroxylation is 2. The van der Waals surface area contributed by atoms with Crippen molar-refractivity contribution in [1.82, 2.24) is 4.98 Å². The Hall–Kier alpha value is -3.15. The summed E-state index contributed by atoms with van der Waals surface area (Å²) >= 11 is 0. The van der Waals surface area contributed by atoms with Gasteiger partial charge in [0.2, 0.25) is 0 Å². The van der Waals surface area contributed by atoms with Gasteiger partial charge in [0.1, 0.15) is 17.8 Å². The molecule has 0 aliphatic heterocycles. The fourth-order valence-electron chi connectivity index (χ4n) is 2.41. The second kappa shape index (κ2) is 6.16. The minimum atomic E-state index is -0.748. The fraction of sp³-hybridized carbons (Fsp3) is 0.167. The van der Waals surface area contributed by atoms with Gasteiger partial charge in [-0.2, -0.15) is 0 Å². The van der Waals surface area contributed by atoms with Gasteiger partial charge < -0.3 is 14.1 Å². The number of hydrogen-bond acceptors (Lipinski definition) is 5. The van der Waals surface area contributed by atoms with E-state index in [1.807, 2.05) is 19.9 Å². The number of H-pyrrole nitrogens is 1. The number of esters is 1. The first-order valence-electron chi connectivity index (χ1n) is 7.34. The summed E-state index contributed by atoms with van der Waals surface area (Å²) in [6, 6.07) is 7.87. The summed E-state index contributed by atoms with van der Waals surface area (Å²) in [4.78, 5) is 37.8. The lowest BCUT2D eigenvalue weighted by atomic mass is 10.0. The van der Waals surface area contributed by atoms with E-state index in [2.05, 4.69) is 4.98 Å². The molecule has 3 aromatic rings. The number of ether oxygens (including phenoxy) is 1. The Morgan fingerprint density at radius 1 is 1.17 bits per heavy atom. The van der Waals surface area contributed by atoms with Gasteiger partial charge >= 0.3 is 11.6 Å². The number of fused-ring (bicyclic) bond motifs is 1. The highest BCUT2D eigenvalue weighted by Gasteiger charge is 2.14. The van der Waals surface area contributed by atoms with E-state index >= 15 is 0 Å². The van der Waals surface area contributed by atoms with E-state index < -0.39 is 17.2 Å². The van der Waals surface area contributed by atoms with Crippen LogP contribution in [0.15, 0.2) is 50.5 Å². The first kappa shape index (κ1) is 15.7. The van der Waals surface area contributed by atoms with Crippen LogP contribution in [-0.4, -0.2) is 11.0 Å². The molecule has 3 rings (SSSR count). The maximum atomic E-state index is 12.0. The Balaban J connectivity index is 1.94. The third kappa shape index (κ3) is 2.99. The summed E-state index contributed by atoms with van der Waals surface area (Å²) in [5.41, 5.74) is 1.87. The average molecular weight is 325 g/mol. The molecule has 1 aromatic carbocycles. The van der Waals surface area contributed by atoms with Crippen LogP contribution in [0.3, 0.4) is 0 Å². The van der Waals surface area contributed by atoms with E-state index in [0.29, 0.717) is 16.5 Å². The molecule has 122 valence electrons. The maximum absolute atomic E-state index is 12.0. The van der Waals surface area contributed by atoms with Gasteiger partial charge in [-0.15, -0.1) is 0 Å². The van der Waals surface area contributed by atoms with Crippen molar-refractivity contribution in [2.75, 3.05) is 0 Å². The molecule has 24 heavy (non-hydrogen) atoms. The normalized spacial score (nSPS) is 10.8. The van der Waals surface area contributed by atoms with Crippen molar-refractivity contribution in [3.63, 3.8) is 0 Å². The van der Waals surface area contributed by atoms with Gasteiger partial charge in [-0.3, -0.25) is 4.79 Å². The number of aromatic amines is 1. The molecule has 1 N–H and O–H groups in total. The minimum Gasteiger partial charge on any atom is -0.457 e. The Labute approximate surface area is 136 Å². The van der Waals surface area contributed by atoms with Crippen LogP contribution in [0.5, 0.6) is 0 Å². The van der Waals surface area contributed by atoms with Crippen molar-refractivity contribution in [3.05, 3.63) is 79.6 Å². The number of benzene rings is 1. The molecule has 0 saturated carbocycles. The van der Waals surface area contributed by atoms with Crippen LogP contribution in [0.25, 0.3) is 11.0 Å². The van der Waals surface area contributed by atoms with E-state index in [4.69, 9.17) is 9.15 Å². The van der Waals surface area contributed by atoms with Crippen molar-refractivity contribution in [2.45, 2.75) is 20.5 Å². The molecule has 0 saturated heterocycles. The quantitative estimate of drug-likeness (QED) is 0.590. The molecular weight excluding hydrogens is 310 g/mol. The summed E-state index contributed by atoms with van der Waals surface area (Å²) in [7, 11) is 0. The summed E-state index contributed by atoms with van der Waals surface area (Å²) in [6.45, 7) is 3.74. The average Bonchev–Trinajstić information content (AvgIpc) is 2.54. The second-order valence-electron chi connectivity index (χ2n) is 5.51. The van der Waals surface area contributed by atoms with Crippen LogP contribution in [0.2, 0.25) is 0 Å². The molecule has 0 bridgehead atoms. The van der Waals surface area contributed by atoms with Crippen molar-refractivity contribution >= 4 is 16.9 Å². The molecule has 0 atom stereocenters. The highest BCUT2D eigenvalue weighted by Crippen LogP contribution is 2.22. The summed E-state index contributed by atoms with van der Waals surface area (Å²) in [5, 5.41) is 0.701. The Morgan fingerprint density at radius 3 is 2.67 bits per heavy atom. The smallest absolute Gasteiger partial charge is 0.344 e. The van der Waals surface area contributed by atoms with Gasteiger partial charge in [0.05, 0.1) is 0 Å². The molecule has 2 aromatic heterocycles. The molecule has 0 aliphatic carbocycles. The zero-order valence-corrected chi connectivity index (χ0v) is 13.2. The largest absolute Gasteiger partial charge is 0.457 e. The minimum absolute atomic E-state index is 0.0863. The van der Waals surface area contributed by atoms with Gasteiger partial charge in [-0.25, -0.2) is 9.59 Å². The number of hydrogen-bond donors (Lipinski definition) is 1. The predicted molar refractivity (Wildman–Crippen MR) is 88.1 cm³/mol. The lowest BCUT2D eigenvalue weighted by molar-refractivity contribution is 0.0471. The van der Waals surface area contributed by atoms with Crippen LogP contribution in [0.1, 0.15) is 27.0 Å². The number of aromatic nitrogens is 1. The van der Waals surface area contributed by atoms with Crippen molar-refractivity contribution < 1.29 is 13.9 Å². The zero-order valence-electron chi connectivity index (χ0n) is 13.2. The summed E-state index contributed by atoms with van der Waals surface area (Å²) in [6.07, 6.45) is 1.43. The molecule has 2 heterocycles. The highest BCUT2D eigenvalue weighted by molar-refractivity contribution is 5.89. The van der Waals surface area contributed by atoms with Crippen LogP contribution < -0.4 is 11.2 Å². The molecule has 6 heteroatoms. The fourth-order valence-corrected chi connectivity index (χ4v) is 2.41.